The zero-order valence-corrected chi connectivity index (χ0v) is 18.3. The molecule has 0 spiro atoms. The Kier molecular flexibility index (Phi) is 6.53. The summed E-state index contributed by atoms with van der Waals surface area (Å²) in [5.74, 6) is 1.10. The number of nitrogens with two attached hydrogens (primary N) is 1. The van der Waals surface area contributed by atoms with Gasteiger partial charge in [0.25, 0.3) is 5.91 Å². The number of nitrogens with zero attached hydrogens (tertiary/aromatic N) is 1. The minimum absolute atomic E-state index is 0.101. The molecular weight excluding hydrogens is 394 g/mol. The molecule has 0 aromatic heterocycles. The van der Waals surface area contributed by atoms with Crippen LogP contribution in [0, 0.1) is 0 Å². The molecule has 2 aromatic carbocycles. The number of hydrogen-bond acceptors (Lipinski definition) is 5. The topological polar surface area (TPSA) is 106 Å². The van der Waals surface area contributed by atoms with Gasteiger partial charge < -0.3 is 25.6 Å². The van der Waals surface area contributed by atoms with Crippen molar-refractivity contribution >= 4 is 11.7 Å². The Morgan fingerprint density at radius 2 is 2.06 bits per heavy atom. The largest absolute Gasteiger partial charge is 0.508 e. The molecule has 0 aliphatic carbocycles. The van der Waals surface area contributed by atoms with Crippen molar-refractivity contribution in [2.45, 2.75) is 45.3 Å². The molecule has 2 aromatic rings. The Hall–Kier alpha value is -3.48. The van der Waals surface area contributed by atoms with E-state index in [0.717, 1.165) is 11.1 Å². The summed E-state index contributed by atoms with van der Waals surface area (Å²) in [5.41, 5.74) is 7.73. The first-order valence-electron chi connectivity index (χ1n) is 10.2. The summed E-state index contributed by atoms with van der Waals surface area (Å²) >= 11 is 0. The van der Waals surface area contributed by atoms with E-state index < -0.39 is 5.91 Å². The van der Waals surface area contributed by atoms with E-state index in [9.17, 15) is 9.90 Å². The highest BCUT2D eigenvalue weighted by atomic mass is 16.5. The lowest BCUT2D eigenvalue weighted by molar-refractivity contribution is 0.1000. The number of phenolic OH excluding ortho intramolecular Hbond substituents is 1. The lowest BCUT2D eigenvalue weighted by atomic mass is 9.99. The third-order valence-corrected chi connectivity index (χ3v) is 4.84. The number of aliphatic imine (C=N–C) groups is 1. The number of hydrogen-bond donors (Lipinski definition) is 3. The standard InChI is InChI=1S/C24H29N3O4/c1-15(11-16-5-7-18(28)8-6-16)30-20-12-17(23(29)27-22(25)9-10-26-4)13-21-19(20)14-24(2,3)31-21/h5-10,12-13,15,26,28H,11,14H2,1-4H3,(H2,25,27,29)/b10-9-. The smallest absolute Gasteiger partial charge is 0.279 e. The van der Waals surface area contributed by atoms with E-state index >= 15 is 0 Å². The third kappa shape index (κ3) is 5.78. The highest BCUT2D eigenvalue weighted by molar-refractivity contribution is 6.06. The molecule has 1 amide bonds. The first-order chi connectivity index (χ1) is 14.7. The van der Waals surface area contributed by atoms with E-state index in [1.165, 1.54) is 6.08 Å². The molecule has 0 saturated carbocycles. The number of rotatable bonds is 7. The van der Waals surface area contributed by atoms with E-state index in [4.69, 9.17) is 15.2 Å². The zero-order chi connectivity index (χ0) is 22.6. The fourth-order valence-corrected chi connectivity index (χ4v) is 3.48. The van der Waals surface area contributed by atoms with Crippen LogP contribution in [-0.4, -0.2) is 35.6 Å². The number of fused-ring (bicyclic) bond motifs is 1. The number of aromatic hydroxyl groups is 1. The van der Waals surface area contributed by atoms with Gasteiger partial charge in [-0.1, -0.05) is 12.1 Å². The van der Waals surface area contributed by atoms with Crippen LogP contribution >= 0.6 is 0 Å². The number of amides is 1. The van der Waals surface area contributed by atoms with Crippen LogP contribution in [0.4, 0.5) is 0 Å². The molecule has 0 bridgehead atoms. The maximum atomic E-state index is 12.7. The molecule has 7 nitrogen and oxygen atoms in total. The summed E-state index contributed by atoms with van der Waals surface area (Å²) in [7, 11) is 1.73. The Morgan fingerprint density at radius 1 is 1.35 bits per heavy atom. The van der Waals surface area contributed by atoms with E-state index in [1.54, 1.807) is 37.5 Å². The molecule has 0 radical (unpaired) electrons. The predicted octanol–water partition coefficient (Wildman–Crippen LogP) is 3.35. The van der Waals surface area contributed by atoms with Gasteiger partial charge in [0.05, 0.1) is 6.10 Å². The van der Waals surface area contributed by atoms with Gasteiger partial charge in [-0.2, -0.15) is 4.99 Å². The second-order valence-electron chi connectivity index (χ2n) is 8.25. The van der Waals surface area contributed by atoms with E-state index in [1.807, 2.05) is 32.9 Å². The van der Waals surface area contributed by atoms with Crippen molar-refractivity contribution in [3.05, 3.63) is 65.4 Å². The Labute approximate surface area is 182 Å². The van der Waals surface area contributed by atoms with Crippen molar-refractivity contribution in [1.82, 2.24) is 5.32 Å². The summed E-state index contributed by atoms with van der Waals surface area (Å²) in [6.45, 7) is 5.96. The van der Waals surface area contributed by atoms with Gasteiger partial charge in [-0.3, -0.25) is 4.79 Å². The van der Waals surface area contributed by atoms with Gasteiger partial charge in [0.15, 0.2) is 0 Å². The van der Waals surface area contributed by atoms with Crippen molar-refractivity contribution in [3.8, 4) is 17.2 Å². The van der Waals surface area contributed by atoms with Gasteiger partial charge in [-0.05, 0) is 62.9 Å². The molecule has 1 atom stereocenters. The van der Waals surface area contributed by atoms with Crippen LogP contribution in [0.2, 0.25) is 0 Å². The van der Waals surface area contributed by atoms with Gasteiger partial charge in [-0.15, -0.1) is 0 Å². The minimum atomic E-state index is -0.467. The van der Waals surface area contributed by atoms with Crippen LogP contribution in [0.25, 0.3) is 0 Å². The molecule has 0 fully saturated rings. The number of benzene rings is 2. The van der Waals surface area contributed by atoms with Crippen molar-refractivity contribution in [2.24, 2.45) is 10.7 Å². The van der Waals surface area contributed by atoms with Gasteiger partial charge in [-0.25, -0.2) is 0 Å². The van der Waals surface area contributed by atoms with Crippen molar-refractivity contribution < 1.29 is 19.4 Å². The lowest BCUT2D eigenvalue weighted by Crippen LogP contribution is -2.24. The van der Waals surface area contributed by atoms with E-state index in [-0.39, 0.29) is 23.3 Å². The van der Waals surface area contributed by atoms with Crippen LogP contribution in [0.3, 0.4) is 0 Å². The Morgan fingerprint density at radius 3 is 2.74 bits per heavy atom. The molecule has 1 aliphatic rings. The van der Waals surface area contributed by atoms with E-state index in [2.05, 4.69) is 10.3 Å². The van der Waals surface area contributed by atoms with Gasteiger partial charge >= 0.3 is 0 Å². The first-order valence-corrected chi connectivity index (χ1v) is 10.2. The summed E-state index contributed by atoms with van der Waals surface area (Å²) in [4.78, 5) is 16.6. The maximum absolute atomic E-state index is 12.7. The average Bonchev–Trinajstić information content (AvgIpc) is 3.02. The van der Waals surface area contributed by atoms with Crippen LogP contribution in [-0.2, 0) is 12.8 Å². The average molecular weight is 424 g/mol. The Bertz CT molecular complexity index is 1010. The molecule has 3 rings (SSSR count). The van der Waals surface area contributed by atoms with Gasteiger partial charge in [0, 0.05) is 31.0 Å². The summed E-state index contributed by atoms with van der Waals surface area (Å²) in [6.07, 6.45) is 4.28. The Balaban J connectivity index is 1.87. The minimum Gasteiger partial charge on any atom is -0.508 e. The monoisotopic (exact) mass is 423 g/mol. The molecule has 1 unspecified atom stereocenters. The molecule has 1 heterocycles. The van der Waals surface area contributed by atoms with Crippen molar-refractivity contribution in [2.75, 3.05) is 7.05 Å². The second kappa shape index (κ2) is 9.12. The number of carbonyl (C=O) groups excluding carboxylic acids is 1. The van der Waals surface area contributed by atoms with E-state index in [0.29, 0.717) is 29.9 Å². The zero-order valence-electron chi connectivity index (χ0n) is 18.3. The summed E-state index contributed by atoms with van der Waals surface area (Å²) in [6, 6.07) is 10.4. The fraction of sp³-hybridized carbons (Fsp3) is 0.333. The quantitative estimate of drug-likeness (QED) is 0.466. The fourth-order valence-electron chi connectivity index (χ4n) is 3.48. The molecule has 7 heteroatoms. The number of phenols is 1. The molecule has 31 heavy (non-hydrogen) atoms. The SMILES string of the molecule is CN/C=C\C(N)=NC(=O)c1cc(OC(C)Cc2ccc(O)cc2)c2c(c1)OC(C)(C)C2. The predicted molar refractivity (Wildman–Crippen MR) is 121 cm³/mol. The highest BCUT2D eigenvalue weighted by Gasteiger charge is 2.34. The molecule has 164 valence electrons. The van der Waals surface area contributed by atoms with Crippen LogP contribution in [0.15, 0.2) is 53.7 Å². The van der Waals surface area contributed by atoms with Crippen LogP contribution < -0.4 is 20.5 Å². The molecule has 4 N–H and O–H groups in total. The van der Waals surface area contributed by atoms with Crippen LogP contribution in [0.5, 0.6) is 17.2 Å². The number of nitrogens with one attached hydrogen (secondary N) is 1. The molecule has 0 saturated heterocycles. The summed E-state index contributed by atoms with van der Waals surface area (Å²) < 4.78 is 12.3. The van der Waals surface area contributed by atoms with Gasteiger partial charge in [0.1, 0.15) is 28.7 Å². The van der Waals surface area contributed by atoms with Crippen molar-refractivity contribution in [1.29, 1.82) is 0 Å². The third-order valence-electron chi connectivity index (χ3n) is 4.84. The van der Waals surface area contributed by atoms with Gasteiger partial charge in [0.2, 0.25) is 0 Å². The number of carbonyl (C=O) groups is 1. The second-order valence-corrected chi connectivity index (χ2v) is 8.25. The van der Waals surface area contributed by atoms with Crippen molar-refractivity contribution in [3.63, 3.8) is 0 Å². The maximum Gasteiger partial charge on any atom is 0.279 e. The molecule has 1 aliphatic heterocycles. The number of ether oxygens (including phenoxy) is 2. The normalized spacial score (nSPS) is 15.9. The summed E-state index contributed by atoms with van der Waals surface area (Å²) in [5, 5.41) is 12.3. The molecular formula is C24H29N3O4. The highest BCUT2D eigenvalue weighted by Crippen LogP contribution is 2.42. The van der Waals surface area contributed by atoms with Crippen LogP contribution in [0.1, 0.15) is 42.3 Å². The number of amidine groups is 1. The first kappa shape index (κ1) is 22.2. The lowest BCUT2D eigenvalue weighted by Gasteiger charge is -2.18.